The van der Waals surface area contributed by atoms with Gasteiger partial charge in [0.1, 0.15) is 5.82 Å². The summed E-state index contributed by atoms with van der Waals surface area (Å²) in [4.78, 5) is 4.86. The number of hydrogen-bond donors (Lipinski definition) is 0. The molecule has 3 aromatic heterocycles. The largest absolute Gasteiger partial charge is 2.00 e. The van der Waals surface area contributed by atoms with E-state index in [0.717, 1.165) is 57.4 Å². The summed E-state index contributed by atoms with van der Waals surface area (Å²) in [5.41, 5.74) is 13.7. The van der Waals surface area contributed by atoms with Gasteiger partial charge in [0, 0.05) is 34.5 Å². The van der Waals surface area contributed by atoms with Crippen LogP contribution in [0.4, 0.5) is 0 Å². The Morgan fingerprint density at radius 1 is 0.727 bits per heavy atom. The maximum Gasteiger partial charge on any atom is 2.00 e. The van der Waals surface area contributed by atoms with E-state index in [0.29, 0.717) is 17.4 Å². The zero-order chi connectivity index (χ0) is 38.7. The molecule has 0 saturated heterocycles. The quantitative estimate of drug-likeness (QED) is 0.143. The summed E-state index contributed by atoms with van der Waals surface area (Å²) in [5, 5.41) is 7.51. The summed E-state index contributed by atoms with van der Waals surface area (Å²) in [5.74, 6) is 2.67. The predicted octanol–water partition coefficient (Wildman–Crippen LogP) is 12.8. The molecule has 0 saturated carbocycles. The van der Waals surface area contributed by atoms with Crippen molar-refractivity contribution >= 4 is 21.8 Å². The van der Waals surface area contributed by atoms with Gasteiger partial charge in [-0.05, 0) is 109 Å². The average molecular weight is 910 g/mol. The molecule has 0 aliphatic rings. The van der Waals surface area contributed by atoms with Crippen molar-refractivity contribution in [3.63, 3.8) is 0 Å². The molecule has 0 bridgehead atoms. The maximum atomic E-state index is 6.77. The molecular weight excluding hydrogens is 856 g/mol. The Balaban J connectivity index is 0.00000514. The Bertz CT molecular complexity index is 2500. The van der Waals surface area contributed by atoms with Crippen LogP contribution in [0.5, 0.6) is 11.5 Å². The average Bonchev–Trinajstić information content (AvgIpc) is 3.60. The molecule has 0 radical (unpaired) electrons. The number of ether oxygens (including phenoxy) is 1. The third kappa shape index (κ3) is 7.96. The number of aryl methyl sites for hydroxylation is 4. The molecule has 7 aromatic rings. The van der Waals surface area contributed by atoms with Gasteiger partial charge < -0.3 is 9.30 Å². The summed E-state index contributed by atoms with van der Waals surface area (Å²) in [6.45, 7) is 26.8. The number of para-hydroxylation sites is 1. The Morgan fingerprint density at radius 2 is 1.42 bits per heavy atom. The van der Waals surface area contributed by atoms with Crippen molar-refractivity contribution in [1.29, 1.82) is 0 Å². The van der Waals surface area contributed by atoms with Gasteiger partial charge in [0.15, 0.2) is 0 Å². The van der Waals surface area contributed by atoms with Crippen LogP contribution < -0.4 is 4.74 Å². The van der Waals surface area contributed by atoms with Crippen molar-refractivity contribution in [3.8, 4) is 34.1 Å². The van der Waals surface area contributed by atoms with E-state index in [1.807, 2.05) is 12.3 Å². The molecule has 0 fully saturated rings. The Labute approximate surface area is 342 Å². The zero-order valence-electron chi connectivity index (χ0n) is 34.5. The molecule has 0 N–H and O–H groups in total. The zero-order valence-corrected chi connectivity index (χ0v) is 36.8. The summed E-state index contributed by atoms with van der Waals surface area (Å²) < 4.78 is 11.1. The second-order valence-corrected chi connectivity index (χ2v) is 17.6. The fourth-order valence-corrected chi connectivity index (χ4v) is 7.76. The van der Waals surface area contributed by atoms with E-state index < -0.39 is 0 Å². The third-order valence-electron chi connectivity index (χ3n) is 10.6. The normalized spacial score (nSPS) is 12.2. The monoisotopic (exact) mass is 909 g/mol. The number of benzene rings is 4. The van der Waals surface area contributed by atoms with Crippen molar-refractivity contribution < 1.29 is 25.8 Å². The van der Waals surface area contributed by atoms with Gasteiger partial charge in [-0.15, -0.1) is 41.3 Å². The second-order valence-electron chi connectivity index (χ2n) is 17.6. The van der Waals surface area contributed by atoms with Gasteiger partial charge >= 0.3 is 21.1 Å². The molecule has 55 heavy (non-hydrogen) atoms. The Kier molecular flexibility index (Phi) is 11.1. The van der Waals surface area contributed by atoms with Gasteiger partial charge in [0.05, 0.1) is 5.69 Å². The number of nitrogens with zero attached hydrogens (tertiary/aromatic N) is 4. The summed E-state index contributed by atoms with van der Waals surface area (Å²) in [6.07, 6.45) is 3.87. The van der Waals surface area contributed by atoms with E-state index in [1.165, 1.54) is 39.1 Å². The number of pyridine rings is 1. The number of aromatic nitrogens is 4. The molecule has 0 amide bonds. The molecule has 4 aromatic carbocycles. The van der Waals surface area contributed by atoms with E-state index in [1.54, 1.807) is 0 Å². The van der Waals surface area contributed by atoms with E-state index in [2.05, 4.69) is 171 Å². The van der Waals surface area contributed by atoms with Crippen LogP contribution in [0, 0.1) is 45.7 Å². The minimum atomic E-state index is -0.140. The van der Waals surface area contributed by atoms with Crippen molar-refractivity contribution in [3.05, 3.63) is 130 Å². The van der Waals surface area contributed by atoms with E-state index in [-0.39, 0.29) is 31.9 Å². The molecule has 7 rings (SSSR count). The van der Waals surface area contributed by atoms with Gasteiger partial charge in [-0.1, -0.05) is 96.8 Å². The van der Waals surface area contributed by atoms with Crippen LogP contribution in [0.2, 0.25) is 0 Å². The van der Waals surface area contributed by atoms with E-state index >= 15 is 0 Å². The van der Waals surface area contributed by atoms with Crippen LogP contribution in [0.1, 0.15) is 101 Å². The van der Waals surface area contributed by atoms with Crippen LogP contribution in [0.25, 0.3) is 44.4 Å². The molecule has 0 aliphatic carbocycles. The van der Waals surface area contributed by atoms with Crippen LogP contribution in [0.15, 0.2) is 79.0 Å². The topological polar surface area (TPSA) is 44.9 Å². The summed E-state index contributed by atoms with van der Waals surface area (Å²) >= 11 is 0. The van der Waals surface area contributed by atoms with Crippen molar-refractivity contribution in [2.24, 2.45) is 5.92 Å². The first-order chi connectivity index (χ1) is 25.5. The number of hydrogen-bond acceptors (Lipinski definition) is 3. The van der Waals surface area contributed by atoms with Crippen LogP contribution in [-0.4, -0.2) is 19.3 Å². The molecular formula is C49H54N4OPt. The minimum Gasteiger partial charge on any atom is -0.509 e. The summed E-state index contributed by atoms with van der Waals surface area (Å²) in [6, 6.07) is 33.2. The van der Waals surface area contributed by atoms with Crippen molar-refractivity contribution in [1.82, 2.24) is 19.3 Å². The van der Waals surface area contributed by atoms with E-state index in [9.17, 15) is 0 Å². The van der Waals surface area contributed by atoms with Crippen LogP contribution in [-0.2, 0) is 38.3 Å². The standard InChI is InChI=1S/C49H54N4O.Pt/c1-30(2)17-20-43-47(46-32(4)23-31(3)24-33(46)5)34(6)51-53(43)37-25-36(49(10,11)12)26-39(28-37)54-38-18-19-41-40-15-13-14-16-42(40)52(44(41)29-38)45-27-35(21-22-50-45)48(7,8)9;/h13-16,18-19,21-27,30H,17,20H2,1-12H3;/q-2;+2. The van der Waals surface area contributed by atoms with E-state index in [4.69, 9.17) is 14.8 Å². The number of rotatable bonds is 8. The molecule has 0 unspecified atom stereocenters. The predicted molar refractivity (Wildman–Crippen MR) is 225 cm³/mol. The molecule has 0 atom stereocenters. The van der Waals surface area contributed by atoms with Gasteiger partial charge in [-0.25, -0.2) is 4.98 Å². The van der Waals surface area contributed by atoms with Crippen molar-refractivity contribution in [2.45, 2.75) is 107 Å². The molecule has 0 aliphatic heterocycles. The van der Waals surface area contributed by atoms with Crippen LogP contribution >= 0.6 is 0 Å². The fraction of sp³-hybridized carbons (Fsp3) is 0.347. The maximum absolute atomic E-state index is 6.77. The van der Waals surface area contributed by atoms with Gasteiger partial charge in [-0.3, -0.25) is 4.68 Å². The fourth-order valence-electron chi connectivity index (χ4n) is 7.76. The molecule has 0 spiro atoms. The molecule has 286 valence electrons. The second kappa shape index (κ2) is 15.2. The van der Waals surface area contributed by atoms with Gasteiger partial charge in [0.25, 0.3) is 0 Å². The molecule has 3 heterocycles. The third-order valence-corrected chi connectivity index (χ3v) is 10.6. The first kappa shape index (κ1) is 40.2. The minimum absolute atomic E-state index is 0. The molecule has 5 nitrogen and oxygen atoms in total. The number of fused-ring (bicyclic) bond motifs is 3. The van der Waals surface area contributed by atoms with Gasteiger partial charge in [0.2, 0.25) is 0 Å². The Hall–Kier alpha value is -4.47. The Morgan fingerprint density at radius 3 is 2.09 bits per heavy atom. The SMILES string of the molecule is Cc1cc(C)c(-c2c(C)nn(-c3[c-]c(Oc4[c-]c5c(cc4)c4ccccc4n5-c4cc(C(C)(C)C)ccn4)cc(C(C)(C)C)c3)c2CCC(C)C)c(C)c1.[Pt+2]. The van der Waals surface area contributed by atoms with Crippen LogP contribution in [0.3, 0.4) is 0 Å². The first-order valence-electron chi connectivity index (χ1n) is 19.3. The first-order valence-corrected chi connectivity index (χ1v) is 19.3. The van der Waals surface area contributed by atoms with Crippen molar-refractivity contribution in [2.75, 3.05) is 0 Å². The van der Waals surface area contributed by atoms with Gasteiger partial charge in [-0.2, -0.15) is 11.2 Å². The summed E-state index contributed by atoms with van der Waals surface area (Å²) in [7, 11) is 0. The smallest absolute Gasteiger partial charge is 0.509 e. The molecule has 6 heteroatoms.